The zero-order valence-electron chi connectivity index (χ0n) is 13.2. The van der Waals surface area contributed by atoms with Crippen LogP contribution in [0, 0.1) is 0 Å². The van der Waals surface area contributed by atoms with E-state index in [1.807, 2.05) is 0 Å². The lowest BCUT2D eigenvalue weighted by atomic mass is 10.2. The van der Waals surface area contributed by atoms with Gasteiger partial charge in [0.2, 0.25) is 5.91 Å². The number of nitrogens with one attached hydrogen (secondary N) is 1. The highest BCUT2D eigenvalue weighted by Gasteiger charge is 2.17. The highest BCUT2D eigenvalue weighted by atomic mass is 16.5. The van der Waals surface area contributed by atoms with E-state index in [0.29, 0.717) is 17.6 Å². The van der Waals surface area contributed by atoms with Crippen molar-refractivity contribution in [3.63, 3.8) is 0 Å². The number of nitrogens with zero attached hydrogens (tertiary/aromatic N) is 3. The molecule has 1 fully saturated rings. The number of fused-ring (bicyclic) bond motifs is 1. The van der Waals surface area contributed by atoms with Crippen molar-refractivity contribution < 1.29 is 9.53 Å². The van der Waals surface area contributed by atoms with Crippen molar-refractivity contribution in [3.8, 4) is 0 Å². The molecule has 3 heterocycles. The average molecular weight is 320 g/mol. The predicted molar refractivity (Wildman–Crippen MR) is 84.4 cm³/mol. The van der Waals surface area contributed by atoms with Crippen molar-refractivity contribution in [1.82, 2.24) is 19.0 Å². The summed E-state index contributed by atoms with van der Waals surface area (Å²) < 4.78 is 9.51. The summed E-state index contributed by atoms with van der Waals surface area (Å²) in [6.45, 7) is 1.28. The summed E-state index contributed by atoms with van der Waals surface area (Å²) in [5.41, 5.74) is -0.325. The van der Waals surface area contributed by atoms with Gasteiger partial charge in [0.15, 0.2) is 0 Å². The molecule has 124 valence electrons. The van der Waals surface area contributed by atoms with Gasteiger partial charge < -0.3 is 14.6 Å². The zero-order valence-corrected chi connectivity index (χ0v) is 13.2. The lowest BCUT2D eigenvalue weighted by molar-refractivity contribution is -0.122. The van der Waals surface area contributed by atoms with Crippen LogP contribution in [0.25, 0.3) is 11.0 Å². The Morgan fingerprint density at radius 3 is 2.83 bits per heavy atom. The van der Waals surface area contributed by atoms with Crippen LogP contribution in [0.4, 0.5) is 0 Å². The van der Waals surface area contributed by atoms with Crippen LogP contribution in [-0.4, -0.2) is 38.9 Å². The Balaban J connectivity index is 1.82. The fourth-order valence-electron chi connectivity index (χ4n) is 2.96. The van der Waals surface area contributed by atoms with E-state index in [9.17, 15) is 14.4 Å². The summed E-state index contributed by atoms with van der Waals surface area (Å²) in [6.07, 6.45) is 3.71. The molecule has 0 spiro atoms. The molecule has 8 nitrogen and oxygen atoms in total. The van der Waals surface area contributed by atoms with Gasteiger partial charge in [-0.1, -0.05) is 0 Å². The first-order valence-corrected chi connectivity index (χ1v) is 7.62. The van der Waals surface area contributed by atoms with Crippen molar-refractivity contribution in [2.75, 3.05) is 13.2 Å². The molecule has 0 aliphatic carbocycles. The topological polar surface area (TPSA) is 87.3 Å². The van der Waals surface area contributed by atoms with Crippen molar-refractivity contribution in [1.29, 1.82) is 0 Å². The molecule has 1 atom stereocenters. The number of carbonyl (C=O) groups is 1. The van der Waals surface area contributed by atoms with Crippen LogP contribution in [0.15, 0.2) is 21.9 Å². The fourth-order valence-corrected chi connectivity index (χ4v) is 2.96. The largest absolute Gasteiger partial charge is 0.376 e. The lowest BCUT2D eigenvalue weighted by Crippen LogP contribution is -2.38. The summed E-state index contributed by atoms with van der Waals surface area (Å²) in [6, 6.07) is 1.63. The third-order valence-electron chi connectivity index (χ3n) is 4.23. The van der Waals surface area contributed by atoms with Crippen molar-refractivity contribution in [2.45, 2.75) is 25.5 Å². The van der Waals surface area contributed by atoms with Crippen LogP contribution in [0.3, 0.4) is 0 Å². The fraction of sp³-hybridized carbons (Fsp3) is 0.533. The molecular formula is C15H20N4O4. The van der Waals surface area contributed by atoms with Gasteiger partial charge in [-0.2, -0.15) is 0 Å². The first-order valence-electron chi connectivity index (χ1n) is 7.62. The molecule has 1 N–H and O–H groups in total. The molecule has 3 rings (SSSR count). The Kier molecular flexibility index (Phi) is 4.08. The average Bonchev–Trinajstić information content (AvgIpc) is 3.18. The minimum absolute atomic E-state index is 0.0522. The summed E-state index contributed by atoms with van der Waals surface area (Å²) in [5.74, 6) is -0.175. The highest BCUT2D eigenvalue weighted by Crippen LogP contribution is 2.11. The van der Waals surface area contributed by atoms with Gasteiger partial charge >= 0.3 is 5.69 Å². The van der Waals surface area contributed by atoms with Crippen molar-refractivity contribution in [2.24, 2.45) is 14.1 Å². The van der Waals surface area contributed by atoms with E-state index in [0.717, 1.165) is 24.0 Å². The van der Waals surface area contributed by atoms with Crippen molar-refractivity contribution >= 4 is 16.9 Å². The van der Waals surface area contributed by atoms with Crippen LogP contribution >= 0.6 is 0 Å². The molecule has 1 aliphatic heterocycles. The molecule has 2 aromatic heterocycles. The number of aryl methyl sites for hydroxylation is 1. The molecular weight excluding hydrogens is 300 g/mol. The van der Waals surface area contributed by atoms with Crippen molar-refractivity contribution in [3.05, 3.63) is 33.1 Å². The summed E-state index contributed by atoms with van der Waals surface area (Å²) in [5, 5.41) is 3.25. The monoisotopic (exact) mass is 320 g/mol. The molecule has 0 bridgehead atoms. The minimum atomic E-state index is -0.415. The Morgan fingerprint density at radius 1 is 1.35 bits per heavy atom. The number of carbonyl (C=O) groups excluding carboxylic acids is 1. The zero-order chi connectivity index (χ0) is 16.6. The first kappa shape index (κ1) is 15.5. The van der Waals surface area contributed by atoms with Gasteiger partial charge in [0.05, 0.1) is 11.5 Å². The number of hydrogen-bond acceptors (Lipinski definition) is 4. The highest BCUT2D eigenvalue weighted by molar-refractivity contribution is 5.80. The number of rotatable bonds is 4. The maximum Gasteiger partial charge on any atom is 0.332 e. The van der Waals surface area contributed by atoms with Crippen LogP contribution in [0.5, 0.6) is 0 Å². The predicted octanol–water partition coefficient (Wildman–Crippen LogP) is -0.666. The van der Waals surface area contributed by atoms with E-state index in [1.54, 1.807) is 23.9 Å². The molecule has 8 heteroatoms. The van der Waals surface area contributed by atoms with Gasteiger partial charge in [0, 0.05) is 33.4 Å². The molecule has 0 radical (unpaired) electrons. The normalized spacial score (nSPS) is 17.7. The van der Waals surface area contributed by atoms with Gasteiger partial charge in [0.1, 0.15) is 12.2 Å². The van der Waals surface area contributed by atoms with Crippen LogP contribution in [-0.2, 0) is 30.2 Å². The van der Waals surface area contributed by atoms with E-state index < -0.39 is 5.69 Å². The van der Waals surface area contributed by atoms with Gasteiger partial charge in [-0.05, 0) is 18.9 Å². The standard InChI is InChI=1S/C15H20N4O4/c1-17-13-11(14(21)18(2)15(17)22)5-6-19(13)9-12(20)16-8-10-4-3-7-23-10/h5-6,10H,3-4,7-9H2,1-2H3,(H,16,20). The maximum atomic E-state index is 12.1. The Bertz CT molecular complexity index is 855. The van der Waals surface area contributed by atoms with E-state index in [1.165, 1.54) is 11.6 Å². The lowest BCUT2D eigenvalue weighted by Gasteiger charge is -2.12. The molecule has 0 aromatic carbocycles. The number of ether oxygens (including phenoxy) is 1. The Hall–Kier alpha value is -2.35. The van der Waals surface area contributed by atoms with E-state index >= 15 is 0 Å². The van der Waals surface area contributed by atoms with Gasteiger partial charge in [-0.25, -0.2) is 4.79 Å². The molecule has 1 saturated heterocycles. The second-order valence-electron chi connectivity index (χ2n) is 5.83. The Morgan fingerprint density at radius 2 is 2.13 bits per heavy atom. The molecule has 0 saturated carbocycles. The summed E-state index contributed by atoms with van der Waals surface area (Å²) in [7, 11) is 3.03. The minimum Gasteiger partial charge on any atom is -0.376 e. The number of hydrogen-bond donors (Lipinski definition) is 1. The molecule has 23 heavy (non-hydrogen) atoms. The number of aromatic nitrogens is 3. The van der Waals surface area contributed by atoms with E-state index in [-0.39, 0.29) is 24.1 Å². The third-order valence-corrected chi connectivity index (χ3v) is 4.23. The van der Waals surface area contributed by atoms with Crippen LogP contribution in [0.2, 0.25) is 0 Å². The van der Waals surface area contributed by atoms with Gasteiger partial charge in [-0.15, -0.1) is 0 Å². The first-order chi connectivity index (χ1) is 11.0. The third kappa shape index (κ3) is 2.81. The molecule has 1 amide bonds. The second-order valence-corrected chi connectivity index (χ2v) is 5.83. The van der Waals surface area contributed by atoms with Gasteiger partial charge in [-0.3, -0.25) is 18.7 Å². The summed E-state index contributed by atoms with van der Waals surface area (Å²) >= 11 is 0. The van der Waals surface area contributed by atoms with E-state index in [4.69, 9.17) is 4.74 Å². The quantitative estimate of drug-likeness (QED) is 0.810. The second kappa shape index (κ2) is 6.04. The smallest absolute Gasteiger partial charge is 0.332 e. The molecule has 1 aliphatic rings. The summed E-state index contributed by atoms with van der Waals surface area (Å²) in [4.78, 5) is 36.3. The molecule has 2 aromatic rings. The molecule has 1 unspecified atom stereocenters. The van der Waals surface area contributed by atoms with Crippen LogP contribution in [0.1, 0.15) is 12.8 Å². The Labute approximate surface area is 132 Å². The van der Waals surface area contributed by atoms with E-state index in [2.05, 4.69) is 5.32 Å². The van der Waals surface area contributed by atoms with Crippen LogP contribution < -0.4 is 16.6 Å². The van der Waals surface area contributed by atoms with Gasteiger partial charge in [0.25, 0.3) is 5.56 Å². The maximum absolute atomic E-state index is 12.1. The SMILES string of the molecule is Cn1c(=O)c2ccn(CC(=O)NCC3CCCO3)c2n(C)c1=O. The number of amides is 1.